The van der Waals surface area contributed by atoms with Gasteiger partial charge in [-0.05, 0) is 61.7 Å². The molecule has 1 aliphatic heterocycles. The van der Waals surface area contributed by atoms with Gasteiger partial charge in [0.1, 0.15) is 0 Å². The van der Waals surface area contributed by atoms with Crippen molar-refractivity contribution < 1.29 is 0 Å². The van der Waals surface area contributed by atoms with Gasteiger partial charge in [0, 0.05) is 6.42 Å². The van der Waals surface area contributed by atoms with Crippen molar-refractivity contribution >= 4 is 0 Å². The van der Waals surface area contributed by atoms with Crippen LogP contribution in [0, 0.1) is 12.8 Å². The summed E-state index contributed by atoms with van der Waals surface area (Å²) in [5.41, 5.74) is 2.18. The Kier molecular flexibility index (Phi) is 3.55. The molecule has 100 valence electrons. The van der Waals surface area contributed by atoms with Gasteiger partial charge in [0.2, 0.25) is 0 Å². The number of nitrogens with zero attached hydrogens (tertiary/aromatic N) is 4. The van der Waals surface area contributed by atoms with E-state index in [0.717, 1.165) is 31.0 Å². The molecule has 0 atom stereocenters. The van der Waals surface area contributed by atoms with Crippen molar-refractivity contribution in [2.24, 2.45) is 5.92 Å². The van der Waals surface area contributed by atoms with E-state index in [1.54, 1.807) is 4.80 Å². The van der Waals surface area contributed by atoms with Gasteiger partial charge in [-0.2, -0.15) is 0 Å². The first-order chi connectivity index (χ1) is 9.31. The van der Waals surface area contributed by atoms with E-state index in [1.807, 2.05) is 12.1 Å². The lowest BCUT2D eigenvalue weighted by Crippen LogP contribution is -2.28. The highest BCUT2D eigenvalue weighted by molar-refractivity contribution is 5.32. The number of tetrazole rings is 1. The Balaban J connectivity index is 1.72. The number of aromatic nitrogens is 4. The molecule has 5 heteroatoms. The van der Waals surface area contributed by atoms with E-state index in [2.05, 4.69) is 39.8 Å². The minimum absolute atomic E-state index is 0.691. The summed E-state index contributed by atoms with van der Waals surface area (Å²) in [5.74, 6) is 1.55. The van der Waals surface area contributed by atoms with Gasteiger partial charge in [-0.25, -0.2) is 0 Å². The Hall–Kier alpha value is -1.75. The van der Waals surface area contributed by atoms with Crippen LogP contribution in [-0.2, 0) is 6.42 Å². The topological polar surface area (TPSA) is 55.6 Å². The molecule has 2 heterocycles. The number of hydrogen-bond donors (Lipinski definition) is 1. The average molecular weight is 257 g/mol. The molecule has 1 aromatic carbocycles. The van der Waals surface area contributed by atoms with Gasteiger partial charge in [0.15, 0.2) is 5.82 Å². The summed E-state index contributed by atoms with van der Waals surface area (Å²) >= 11 is 0. The summed E-state index contributed by atoms with van der Waals surface area (Å²) in [5, 5.41) is 16.2. The van der Waals surface area contributed by atoms with Gasteiger partial charge >= 0.3 is 0 Å². The minimum Gasteiger partial charge on any atom is -0.317 e. The van der Waals surface area contributed by atoms with Crippen molar-refractivity contribution in [2.45, 2.75) is 26.2 Å². The van der Waals surface area contributed by atoms with E-state index in [-0.39, 0.29) is 0 Å². The summed E-state index contributed by atoms with van der Waals surface area (Å²) in [4.78, 5) is 1.63. The van der Waals surface area contributed by atoms with Gasteiger partial charge in [0.25, 0.3) is 0 Å². The minimum atomic E-state index is 0.691. The van der Waals surface area contributed by atoms with E-state index in [9.17, 15) is 0 Å². The Morgan fingerprint density at radius 3 is 2.95 bits per heavy atom. The summed E-state index contributed by atoms with van der Waals surface area (Å²) in [6, 6.07) is 8.15. The third-order valence-electron chi connectivity index (χ3n) is 3.62. The van der Waals surface area contributed by atoms with Crippen molar-refractivity contribution in [1.29, 1.82) is 0 Å². The third-order valence-corrected chi connectivity index (χ3v) is 3.62. The molecular formula is C14H19N5. The zero-order chi connectivity index (χ0) is 13.1. The first kappa shape index (κ1) is 12.3. The van der Waals surface area contributed by atoms with Crippen LogP contribution in [0.25, 0.3) is 5.69 Å². The summed E-state index contributed by atoms with van der Waals surface area (Å²) in [7, 11) is 0. The normalized spacial score (nSPS) is 16.7. The molecule has 0 saturated carbocycles. The molecule has 2 aromatic rings. The van der Waals surface area contributed by atoms with E-state index < -0.39 is 0 Å². The van der Waals surface area contributed by atoms with Crippen LogP contribution in [0.15, 0.2) is 24.3 Å². The zero-order valence-electron chi connectivity index (χ0n) is 11.2. The van der Waals surface area contributed by atoms with E-state index in [4.69, 9.17) is 0 Å². The zero-order valence-corrected chi connectivity index (χ0v) is 11.2. The molecule has 0 aliphatic carbocycles. The lowest BCUT2D eigenvalue weighted by atomic mass is 9.94. The Labute approximate surface area is 113 Å². The fourth-order valence-corrected chi connectivity index (χ4v) is 2.53. The van der Waals surface area contributed by atoms with Crippen LogP contribution in [0.1, 0.15) is 24.2 Å². The number of piperidine rings is 1. The molecule has 0 amide bonds. The molecule has 0 bridgehead atoms. The lowest BCUT2D eigenvalue weighted by molar-refractivity contribution is 0.367. The Morgan fingerprint density at radius 1 is 1.32 bits per heavy atom. The monoisotopic (exact) mass is 257 g/mol. The van der Waals surface area contributed by atoms with Gasteiger partial charge in [-0.3, -0.25) is 0 Å². The predicted octanol–water partition coefficient (Wildman–Crippen LogP) is 1.51. The van der Waals surface area contributed by atoms with Crippen LogP contribution in [0.2, 0.25) is 0 Å². The molecule has 1 saturated heterocycles. The third kappa shape index (κ3) is 2.98. The van der Waals surface area contributed by atoms with Crippen molar-refractivity contribution in [3.05, 3.63) is 35.7 Å². The fraction of sp³-hybridized carbons (Fsp3) is 0.500. The predicted molar refractivity (Wildman–Crippen MR) is 73.2 cm³/mol. The van der Waals surface area contributed by atoms with E-state index in [1.165, 1.54) is 18.4 Å². The maximum absolute atomic E-state index is 4.49. The van der Waals surface area contributed by atoms with Crippen LogP contribution >= 0.6 is 0 Å². The van der Waals surface area contributed by atoms with Crippen LogP contribution in [-0.4, -0.2) is 33.3 Å². The molecule has 3 rings (SSSR count). The van der Waals surface area contributed by atoms with Crippen LogP contribution in [0.3, 0.4) is 0 Å². The molecule has 19 heavy (non-hydrogen) atoms. The Bertz CT molecular complexity index is 542. The van der Waals surface area contributed by atoms with E-state index in [0.29, 0.717) is 5.92 Å². The number of hydrogen-bond acceptors (Lipinski definition) is 4. The SMILES string of the molecule is Cc1cccc(-n2nnc(CC3CCNCC3)n2)c1. The van der Waals surface area contributed by atoms with Crippen LogP contribution in [0.4, 0.5) is 0 Å². The number of aryl methyl sites for hydroxylation is 1. The maximum atomic E-state index is 4.49. The van der Waals surface area contributed by atoms with Crippen LogP contribution in [0.5, 0.6) is 0 Å². The molecule has 0 unspecified atom stereocenters. The number of nitrogens with one attached hydrogen (secondary N) is 1. The number of rotatable bonds is 3. The highest BCUT2D eigenvalue weighted by Gasteiger charge is 2.16. The fourth-order valence-electron chi connectivity index (χ4n) is 2.53. The summed E-state index contributed by atoms with van der Waals surface area (Å²) in [6.45, 7) is 4.28. The first-order valence-electron chi connectivity index (χ1n) is 6.88. The second-order valence-electron chi connectivity index (χ2n) is 5.23. The molecule has 1 aliphatic rings. The first-order valence-corrected chi connectivity index (χ1v) is 6.88. The average Bonchev–Trinajstić information content (AvgIpc) is 2.88. The van der Waals surface area contributed by atoms with Crippen molar-refractivity contribution in [1.82, 2.24) is 25.5 Å². The second-order valence-corrected chi connectivity index (χ2v) is 5.23. The molecule has 0 radical (unpaired) electrons. The van der Waals surface area contributed by atoms with E-state index >= 15 is 0 Å². The molecular weight excluding hydrogens is 238 g/mol. The molecule has 5 nitrogen and oxygen atoms in total. The highest BCUT2D eigenvalue weighted by Crippen LogP contribution is 2.16. The summed E-state index contributed by atoms with van der Waals surface area (Å²) < 4.78 is 0. The standard InChI is InChI=1S/C14H19N5/c1-11-3-2-4-13(9-11)19-17-14(16-18-19)10-12-5-7-15-8-6-12/h2-4,9,12,15H,5-8,10H2,1H3. The van der Waals surface area contributed by atoms with Gasteiger partial charge in [-0.1, -0.05) is 12.1 Å². The van der Waals surface area contributed by atoms with Gasteiger partial charge in [-0.15, -0.1) is 15.0 Å². The van der Waals surface area contributed by atoms with Crippen molar-refractivity contribution in [3.63, 3.8) is 0 Å². The largest absolute Gasteiger partial charge is 0.317 e. The summed E-state index contributed by atoms with van der Waals surface area (Å²) in [6.07, 6.45) is 3.35. The lowest BCUT2D eigenvalue weighted by Gasteiger charge is -2.20. The quantitative estimate of drug-likeness (QED) is 0.905. The maximum Gasteiger partial charge on any atom is 0.175 e. The molecule has 1 N–H and O–H groups in total. The Morgan fingerprint density at radius 2 is 2.16 bits per heavy atom. The molecule has 1 fully saturated rings. The van der Waals surface area contributed by atoms with Gasteiger partial charge in [0.05, 0.1) is 5.69 Å². The highest BCUT2D eigenvalue weighted by atomic mass is 15.6. The van der Waals surface area contributed by atoms with Crippen molar-refractivity contribution in [2.75, 3.05) is 13.1 Å². The molecule has 0 spiro atoms. The molecule has 1 aromatic heterocycles. The number of benzene rings is 1. The smallest absolute Gasteiger partial charge is 0.175 e. The van der Waals surface area contributed by atoms with Gasteiger partial charge < -0.3 is 5.32 Å². The van der Waals surface area contributed by atoms with Crippen molar-refractivity contribution in [3.8, 4) is 5.69 Å². The van der Waals surface area contributed by atoms with Crippen LogP contribution < -0.4 is 5.32 Å². The second kappa shape index (κ2) is 5.48.